The van der Waals surface area contributed by atoms with Crippen LogP contribution in [0.2, 0.25) is 0 Å². The van der Waals surface area contributed by atoms with E-state index in [9.17, 15) is 9.59 Å². The van der Waals surface area contributed by atoms with E-state index in [1.807, 2.05) is 4.90 Å². The Kier molecular flexibility index (Phi) is 7.25. The van der Waals surface area contributed by atoms with E-state index in [4.69, 9.17) is 4.74 Å². The summed E-state index contributed by atoms with van der Waals surface area (Å²) in [4.78, 5) is 28.9. The van der Waals surface area contributed by atoms with E-state index in [1.165, 1.54) is 11.1 Å². The highest BCUT2D eigenvalue weighted by Gasteiger charge is 2.20. The van der Waals surface area contributed by atoms with E-state index in [0.29, 0.717) is 24.4 Å². The van der Waals surface area contributed by atoms with Crippen molar-refractivity contribution in [3.05, 3.63) is 65.2 Å². The van der Waals surface area contributed by atoms with Crippen LogP contribution in [0.3, 0.4) is 0 Å². The van der Waals surface area contributed by atoms with Crippen LogP contribution in [0.5, 0.6) is 0 Å². The lowest BCUT2D eigenvalue weighted by Gasteiger charge is -2.22. The van der Waals surface area contributed by atoms with Crippen LogP contribution in [0.15, 0.2) is 48.5 Å². The molecule has 154 valence electrons. The molecular weight excluding hydrogens is 366 g/mol. The fourth-order valence-corrected chi connectivity index (χ4v) is 3.48. The molecule has 0 spiro atoms. The van der Waals surface area contributed by atoms with E-state index in [1.54, 1.807) is 31.2 Å². The van der Waals surface area contributed by atoms with Gasteiger partial charge in [-0.25, -0.2) is 4.79 Å². The average Bonchev–Trinajstić information content (AvgIpc) is 2.95. The Bertz CT molecular complexity index is 836. The predicted molar refractivity (Wildman–Crippen MR) is 114 cm³/mol. The molecule has 0 aliphatic carbocycles. The van der Waals surface area contributed by atoms with Gasteiger partial charge in [0, 0.05) is 44.0 Å². The Morgan fingerprint density at radius 3 is 2.59 bits per heavy atom. The van der Waals surface area contributed by atoms with Crippen LogP contribution in [-0.2, 0) is 11.3 Å². The number of nitrogens with one attached hydrogen (secondary N) is 1. The van der Waals surface area contributed by atoms with Crippen molar-refractivity contribution in [2.24, 2.45) is 0 Å². The second kappa shape index (κ2) is 10.1. The van der Waals surface area contributed by atoms with Gasteiger partial charge < -0.3 is 9.64 Å². The van der Waals surface area contributed by atoms with Crippen LogP contribution in [0.1, 0.15) is 34.8 Å². The summed E-state index contributed by atoms with van der Waals surface area (Å²) in [5.41, 5.74) is 3.70. The number of carbonyl (C=O) groups excluding carboxylic acids is 2. The van der Waals surface area contributed by atoms with Crippen LogP contribution in [0.4, 0.5) is 10.5 Å². The highest BCUT2D eigenvalue weighted by atomic mass is 16.5. The van der Waals surface area contributed by atoms with Crippen LogP contribution in [0, 0.1) is 6.92 Å². The van der Waals surface area contributed by atoms with Gasteiger partial charge in [-0.2, -0.15) is 0 Å². The van der Waals surface area contributed by atoms with E-state index in [2.05, 4.69) is 41.4 Å². The Morgan fingerprint density at radius 1 is 1.03 bits per heavy atom. The van der Waals surface area contributed by atoms with Gasteiger partial charge in [-0.1, -0.05) is 35.9 Å². The standard InChI is InChI=1S/C23H29N3O3/c1-3-29-23(28)24-21-7-4-6-20(16-21)22(27)26-13-5-12-25(14-15-26)17-19-10-8-18(2)9-11-19/h4,6-11,16H,3,5,12-15,17H2,1-2H3,(H,24,28). The first kappa shape index (κ1) is 20.9. The lowest BCUT2D eigenvalue weighted by Crippen LogP contribution is -2.35. The molecule has 2 aromatic carbocycles. The molecule has 1 N–H and O–H groups in total. The highest BCUT2D eigenvalue weighted by molar-refractivity contribution is 5.96. The van der Waals surface area contributed by atoms with Crippen LogP contribution >= 0.6 is 0 Å². The SMILES string of the molecule is CCOC(=O)Nc1cccc(C(=O)N2CCCN(Cc3ccc(C)cc3)CC2)c1. The quantitative estimate of drug-likeness (QED) is 0.834. The summed E-state index contributed by atoms with van der Waals surface area (Å²) >= 11 is 0. The van der Waals surface area contributed by atoms with Crippen molar-refractivity contribution in [3.63, 3.8) is 0 Å². The molecule has 1 aliphatic rings. The molecule has 1 aliphatic heterocycles. The van der Waals surface area contributed by atoms with E-state index < -0.39 is 6.09 Å². The summed E-state index contributed by atoms with van der Waals surface area (Å²) in [7, 11) is 0. The molecule has 6 heteroatoms. The zero-order chi connectivity index (χ0) is 20.6. The van der Waals surface area contributed by atoms with Crippen molar-refractivity contribution < 1.29 is 14.3 Å². The number of benzene rings is 2. The van der Waals surface area contributed by atoms with Gasteiger partial charge in [0.25, 0.3) is 5.91 Å². The van der Waals surface area contributed by atoms with Crippen LogP contribution < -0.4 is 5.32 Å². The molecule has 3 rings (SSSR count). The largest absolute Gasteiger partial charge is 0.450 e. The topological polar surface area (TPSA) is 61.9 Å². The third-order valence-electron chi connectivity index (χ3n) is 5.03. The molecule has 0 aromatic heterocycles. The van der Waals surface area contributed by atoms with E-state index in [0.717, 1.165) is 32.6 Å². The first-order valence-corrected chi connectivity index (χ1v) is 10.2. The van der Waals surface area contributed by atoms with Gasteiger partial charge in [0.15, 0.2) is 0 Å². The molecule has 2 amide bonds. The lowest BCUT2D eigenvalue weighted by atomic mass is 10.1. The number of hydrogen-bond donors (Lipinski definition) is 1. The molecule has 0 bridgehead atoms. The third kappa shape index (κ3) is 6.06. The number of hydrogen-bond acceptors (Lipinski definition) is 4. The number of nitrogens with zero attached hydrogens (tertiary/aromatic N) is 2. The molecule has 0 radical (unpaired) electrons. The maximum atomic E-state index is 13.0. The van der Waals surface area contributed by atoms with Crippen molar-refractivity contribution in [2.45, 2.75) is 26.8 Å². The molecule has 0 unspecified atom stereocenters. The summed E-state index contributed by atoms with van der Waals surface area (Å²) in [5, 5.41) is 2.65. The van der Waals surface area contributed by atoms with Gasteiger partial charge in [-0.15, -0.1) is 0 Å². The van der Waals surface area contributed by atoms with Crippen molar-refractivity contribution in [1.29, 1.82) is 0 Å². The summed E-state index contributed by atoms with van der Waals surface area (Å²) in [6, 6.07) is 15.6. The molecule has 29 heavy (non-hydrogen) atoms. The minimum absolute atomic E-state index is 0.00491. The second-order valence-corrected chi connectivity index (χ2v) is 7.33. The molecular formula is C23H29N3O3. The Labute approximate surface area is 172 Å². The van der Waals surface area contributed by atoms with Gasteiger partial charge in [0.2, 0.25) is 0 Å². The molecule has 2 aromatic rings. The van der Waals surface area contributed by atoms with Crippen LogP contribution in [0.25, 0.3) is 0 Å². The van der Waals surface area contributed by atoms with Gasteiger partial charge >= 0.3 is 6.09 Å². The second-order valence-electron chi connectivity index (χ2n) is 7.33. The lowest BCUT2D eigenvalue weighted by molar-refractivity contribution is 0.0761. The number of rotatable bonds is 5. The first-order valence-electron chi connectivity index (χ1n) is 10.2. The van der Waals surface area contributed by atoms with Crippen molar-refractivity contribution >= 4 is 17.7 Å². The Morgan fingerprint density at radius 2 is 1.83 bits per heavy atom. The summed E-state index contributed by atoms with van der Waals surface area (Å²) in [6.07, 6.45) is 0.428. The smallest absolute Gasteiger partial charge is 0.411 e. The van der Waals surface area contributed by atoms with Gasteiger partial charge in [-0.05, 0) is 44.0 Å². The molecule has 0 saturated carbocycles. The normalized spacial score (nSPS) is 14.9. The first-order chi connectivity index (χ1) is 14.0. The number of amides is 2. The molecule has 1 saturated heterocycles. The molecule has 1 fully saturated rings. The van der Waals surface area contributed by atoms with E-state index >= 15 is 0 Å². The number of aryl methyl sites for hydroxylation is 1. The number of ether oxygens (including phenoxy) is 1. The zero-order valence-corrected chi connectivity index (χ0v) is 17.2. The van der Waals surface area contributed by atoms with Crippen molar-refractivity contribution in [3.8, 4) is 0 Å². The molecule has 6 nitrogen and oxygen atoms in total. The zero-order valence-electron chi connectivity index (χ0n) is 17.2. The fourth-order valence-electron chi connectivity index (χ4n) is 3.48. The van der Waals surface area contributed by atoms with Crippen molar-refractivity contribution in [2.75, 3.05) is 38.1 Å². The minimum Gasteiger partial charge on any atom is -0.450 e. The van der Waals surface area contributed by atoms with Gasteiger partial charge in [0.05, 0.1) is 6.61 Å². The summed E-state index contributed by atoms with van der Waals surface area (Å²) in [6.45, 7) is 8.30. The summed E-state index contributed by atoms with van der Waals surface area (Å²) < 4.78 is 4.90. The van der Waals surface area contributed by atoms with Crippen LogP contribution in [-0.4, -0.2) is 54.6 Å². The Hall–Kier alpha value is -2.86. The maximum Gasteiger partial charge on any atom is 0.411 e. The van der Waals surface area contributed by atoms with Crippen molar-refractivity contribution in [1.82, 2.24) is 9.80 Å². The predicted octanol–water partition coefficient (Wildman–Crippen LogP) is 3.91. The van der Waals surface area contributed by atoms with Gasteiger partial charge in [-0.3, -0.25) is 15.0 Å². The highest BCUT2D eigenvalue weighted by Crippen LogP contribution is 2.16. The third-order valence-corrected chi connectivity index (χ3v) is 5.03. The minimum atomic E-state index is -0.515. The fraction of sp³-hybridized carbons (Fsp3) is 0.391. The molecule has 0 atom stereocenters. The Balaban J connectivity index is 1.59. The number of anilines is 1. The van der Waals surface area contributed by atoms with E-state index in [-0.39, 0.29) is 5.91 Å². The maximum absolute atomic E-state index is 13.0. The summed E-state index contributed by atoms with van der Waals surface area (Å²) in [5.74, 6) is -0.00491. The number of carbonyl (C=O) groups is 2. The average molecular weight is 396 g/mol. The monoisotopic (exact) mass is 395 g/mol. The molecule has 1 heterocycles. The van der Waals surface area contributed by atoms with Gasteiger partial charge in [0.1, 0.15) is 0 Å².